The highest BCUT2D eigenvalue weighted by Crippen LogP contribution is 2.39. The SMILES string of the molecule is C1=CC/C=C\C(n2c3c(c4cc5c6ccccc6n(-c6ccccc6)c5cc42)CC=CC=C3)=NC=1c1ccc2oc3ccccc3c2c1. The van der Waals surface area contributed by atoms with Crippen LogP contribution in [0, 0.1) is 0 Å². The van der Waals surface area contributed by atoms with Crippen LogP contribution < -0.4 is 0 Å². The van der Waals surface area contributed by atoms with E-state index in [-0.39, 0.29) is 0 Å². The van der Waals surface area contributed by atoms with E-state index >= 15 is 0 Å². The molecule has 0 amide bonds. The average Bonchev–Trinajstić information content (AvgIpc) is 3.67. The number of para-hydroxylation sites is 3. The van der Waals surface area contributed by atoms with Crippen molar-refractivity contribution < 1.29 is 4.42 Å². The molecule has 10 rings (SSSR count). The van der Waals surface area contributed by atoms with Crippen LogP contribution in [0.2, 0.25) is 0 Å². The second kappa shape index (κ2) is 10.6. The van der Waals surface area contributed by atoms with E-state index in [0.29, 0.717) is 0 Å². The number of hydrogen-bond donors (Lipinski definition) is 0. The largest absolute Gasteiger partial charge is 0.456 e. The molecule has 0 saturated heterocycles. The summed E-state index contributed by atoms with van der Waals surface area (Å²) in [6.45, 7) is 0. The van der Waals surface area contributed by atoms with Crippen molar-refractivity contribution in [2.45, 2.75) is 12.8 Å². The van der Waals surface area contributed by atoms with E-state index in [9.17, 15) is 0 Å². The van der Waals surface area contributed by atoms with Gasteiger partial charge in [-0.3, -0.25) is 4.57 Å². The van der Waals surface area contributed by atoms with E-state index < -0.39 is 0 Å². The van der Waals surface area contributed by atoms with Crippen LogP contribution in [-0.4, -0.2) is 15.0 Å². The summed E-state index contributed by atoms with van der Waals surface area (Å²) in [7, 11) is 0. The molecule has 48 heavy (non-hydrogen) atoms. The maximum absolute atomic E-state index is 6.14. The zero-order valence-electron chi connectivity index (χ0n) is 26.1. The first-order valence-corrected chi connectivity index (χ1v) is 16.4. The fourth-order valence-electron chi connectivity index (χ4n) is 7.46. The molecule has 226 valence electrons. The van der Waals surface area contributed by atoms with Crippen molar-refractivity contribution in [2.75, 3.05) is 0 Å². The fraction of sp³-hybridized carbons (Fsp3) is 0.0455. The Balaban J connectivity index is 1.25. The lowest BCUT2D eigenvalue weighted by Gasteiger charge is -2.12. The Kier molecular flexibility index (Phi) is 5.92. The summed E-state index contributed by atoms with van der Waals surface area (Å²) < 4.78 is 10.9. The molecular weight excluding hydrogens is 587 g/mol. The van der Waals surface area contributed by atoms with Gasteiger partial charge in [-0.05, 0) is 91.2 Å². The summed E-state index contributed by atoms with van der Waals surface area (Å²) in [6, 6.07) is 38.7. The second-order valence-electron chi connectivity index (χ2n) is 12.4. The molecule has 0 bridgehead atoms. The Hall–Kier alpha value is -6.35. The van der Waals surface area contributed by atoms with Crippen LogP contribution >= 0.6 is 0 Å². The molecule has 0 atom stereocenters. The number of hydrogen-bond acceptors (Lipinski definition) is 2. The maximum Gasteiger partial charge on any atom is 0.138 e. The van der Waals surface area contributed by atoms with Gasteiger partial charge in [0, 0.05) is 38.2 Å². The Morgan fingerprint density at radius 1 is 0.604 bits per heavy atom. The molecule has 5 aromatic carbocycles. The van der Waals surface area contributed by atoms with Crippen LogP contribution in [0.4, 0.5) is 0 Å². The minimum atomic E-state index is 0.769. The van der Waals surface area contributed by atoms with Gasteiger partial charge in [-0.15, -0.1) is 0 Å². The number of aromatic nitrogens is 2. The van der Waals surface area contributed by atoms with E-state index in [1.165, 1.54) is 32.8 Å². The molecule has 1 aliphatic heterocycles. The quantitative estimate of drug-likeness (QED) is 0.178. The fourth-order valence-corrected chi connectivity index (χ4v) is 7.46. The van der Waals surface area contributed by atoms with Crippen LogP contribution in [-0.2, 0) is 6.42 Å². The molecule has 0 spiro atoms. The third-order valence-electron chi connectivity index (χ3n) is 9.61. The molecule has 2 aliphatic rings. The van der Waals surface area contributed by atoms with E-state index in [2.05, 4.69) is 148 Å². The molecule has 4 heterocycles. The van der Waals surface area contributed by atoms with Gasteiger partial charge in [-0.1, -0.05) is 84.6 Å². The van der Waals surface area contributed by atoms with E-state index in [1.54, 1.807) is 0 Å². The summed E-state index contributed by atoms with van der Waals surface area (Å²) in [5.41, 5.74) is 14.2. The molecule has 0 N–H and O–H groups in total. The number of nitrogens with zero attached hydrogens (tertiary/aromatic N) is 3. The third-order valence-corrected chi connectivity index (χ3v) is 9.61. The molecule has 0 fully saturated rings. The zero-order valence-corrected chi connectivity index (χ0v) is 26.1. The van der Waals surface area contributed by atoms with Gasteiger partial charge in [0.2, 0.25) is 0 Å². The number of rotatable bonds is 2. The number of allylic oxidation sites excluding steroid dienone is 6. The van der Waals surface area contributed by atoms with Crippen molar-refractivity contribution in [2.24, 2.45) is 4.99 Å². The van der Waals surface area contributed by atoms with Crippen molar-refractivity contribution in [1.82, 2.24) is 9.13 Å². The van der Waals surface area contributed by atoms with Gasteiger partial charge < -0.3 is 8.98 Å². The minimum absolute atomic E-state index is 0.769. The molecule has 8 aromatic rings. The first-order valence-electron chi connectivity index (χ1n) is 16.4. The van der Waals surface area contributed by atoms with E-state index in [4.69, 9.17) is 9.41 Å². The van der Waals surface area contributed by atoms with E-state index in [0.717, 1.165) is 68.8 Å². The van der Waals surface area contributed by atoms with Crippen molar-refractivity contribution >= 4 is 72.3 Å². The Morgan fingerprint density at radius 3 is 2.35 bits per heavy atom. The van der Waals surface area contributed by atoms with E-state index in [1.807, 2.05) is 18.2 Å². The topological polar surface area (TPSA) is 35.4 Å². The predicted molar refractivity (Wildman–Crippen MR) is 200 cm³/mol. The van der Waals surface area contributed by atoms with Crippen LogP contribution in [0.15, 0.2) is 161 Å². The van der Waals surface area contributed by atoms with Crippen molar-refractivity contribution in [3.8, 4) is 5.69 Å². The predicted octanol–water partition coefficient (Wildman–Crippen LogP) is 11.2. The Morgan fingerprint density at radius 2 is 1.42 bits per heavy atom. The molecule has 4 nitrogen and oxygen atoms in total. The maximum atomic E-state index is 6.14. The monoisotopic (exact) mass is 615 g/mol. The van der Waals surface area contributed by atoms with Gasteiger partial charge in [0.25, 0.3) is 0 Å². The standard InChI is InChI=1S/C44H29N3O/c1-4-14-30(15-5-1)46-38-21-12-10-17-31(38)34-27-35-32-16-6-2-8-20-39(32)47(41(35)28-40(34)46)44-23-9-3-7-19-37(45-44)29-24-25-43-36(26-29)33-18-11-13-22-42(33)48-43/h1-2,4-15,17-18,20-28H,3,16H2/b23-9-,45-44?. The Bertz CT molecular complexity index is 2810. The van der Waals surface area contributed by atoms with Gasteiger partial charge in [0.1, 0.15) is 22.7 Å². The lowest BCUT2D eigenvalue weighted by Crippen LogP contribution is -2.12. The minimum Gasteiger partial charge on any atom is -0.456 e. The number of furan rings is 1. The normalized spacial score (nSPS) is 15.2. The lowest BCUT2D eigenvalue weighted by atomic mass is 10.0. The summed E-state index contributed by atoms with van der Waals surface area (Å²) >= 11 is 0. The summed E-state index contributed by atoms with van der Waals surface area (Å²) in [5, 5.41) is 5.93. The second-order valence-corrected chi connectivity index (χ2v) is 12.4. The van der Waals surface area contributed by atoms with Crippen LogP contribution in [0.3, 0.4) is 0 Å². The van der Waals surface area contributed by atoms with Crippen LogP contribution in [0.25, 0.3) is 72.1 Å². The van der Waals surface area contributed by atoms with Crippen molar-refractivity contribution in [3.63, 3.8) is 0 Å². The smallest absolute Gasteiger partial charge is 0.138 e. The van der Waals surface area contributed by atoms with Gasteiger partial charge in [-0.2, -0.15) is 0 Å². The highest BCUT2D eigenvalue weighted by Gasteiger charge is 2.22. The Labute approximate surface area is 276 Å². The summed E-state index contributed by atoms with van der Waals surface area (Å²) in [6.07, 6.45) is 16.8. The molecule has 3 aromatic heterocycles. The summed E-state index contributed by atoms with van der Waals surface area (Å²) in [5.74, 6) is 0.863. The third kappa shape index (κ3) is 4.07. The molecule has 4 heteroatoms. The number of benzene rings is 5. The molecule has 1 aliphatic carbocycles. The lowest BCUT2D eigenvalue weighted by molar-refractivity contribution is 0.669. The van der Waals surface area contributed by atoms with Crippen LogP contribution in [0.5, 0.6) is 0 Å². The van der Waals surface area contributed by atoms with Crippen molar-refractivity contribution in [1.29, 1.82) is 0 Å². The molecule has 0 radical (unpaired) electrons. The first kappa shape index (κ1) is 26.8. The number of aliphatic imine (C=N–C) groups is 1. The van der Waals surface area contributed by atoms with Gasteiger partial charge in [0.05, 0.1) is 22.2 Å². The number of fused-ring (bicyclic) bond motifs is 9. The highest BCUT2D eigenvalue weighted by molar-refractivity contribution is 6.16. The van der Waals surface area contributed by atoms with Gasteiger partial charge >= 0.3 is 0 Å². The highest BCUT2D eigenvalue weighted by atomic mass is 16.3. The van der Waals surface area contributed by atoms with Crippen molar-refractivity contribution in [3.05, 3.63) is 168 Å². The zero-order chi connectivity index (χ0) is 31.6. The van der Waals surface area contributed by atoms with Gasteiger partial charge in [0.15, 0.2) is 0 Å². The van der Waals surface area contributed by atoms with Crippen LogP contribution in [0.1, 0.15) is 23.2 Å². The average molecular weight is 616 g/mol. The summed E-state index contributed by atoms with van der Waals surface area (Å²) in [4.78, 5) is 5.39. The molecular formula is C44H29N3O. The molecule has 0 unspecified atom stereocenters. The first-order chi connectivity index (χ1) is 23.8. The van der Waals surface area contributed by atoms with Gasteiger partial charge in [-0.25, -0.2) is 4.99 Å². The molecule has 0 saturated carbocycles.